The molecule has 4 fully saturated rings. The van der Waals surface area contributed by atoms with E-state index in [2.05, 4.69) is 0 Å². The van der Waals surface area contributed by atoms with Crippen LogP contribution in [0.4, 0.5) is 0 Å². The van der Waals surface area contributed by atoms with Gasteiger partial charge in [-0.05, 0) is 43.9 Å². The van der Waals surface area contributed by atoms with Gasteiger partial charge in [0.1, 0.15) is 0 Å². The molecule has 2 heteroatoms. The lowest BCUT2D eigenvalue weighted by Gasteiger charge is -2.36. The van der Waals surface area contributed by atoms with Crippen LogP contribution >= 0.6 is 0 Å². The van der Waals surface area contributed by atoms with Crippen molar-refractivity contribution < 1.29 is 0 Å². The van der Waals surface area contributed by atoms with Gasteiger partial charge in [-0.2, -0.15) is 0 Å². The lowest BCUT2D eigenvalue weighted by atomic mass is 9.76. The Bertz CT molecular complexity index is 214. The predicted octanol–water partition coefficient (Wildman–Crippen LogP) is 0.605. The largest absolute Gasteiger partial charge is 0.325 e. The Labute approximate surface area is 67.3 Å². The molecule has 0 aromatic rings. The van der Waals surface area contributed by atoms with E-state index in [1.807, 2.05) is 0 Å². The monoisotopic (exact) mass is 152 g/mol. The van der Waals surface area contributed by atoms with Gasteiger partial charge in [0.05, 0.1) is 0 Å². The molecule has 0 aromatic carbocycles. The molecule has 0 spiro atoms. The third kappa shape index (κ3) is 0.651. The van der Waals surface area contributed by atoms with E-state index in [1.165, 1.54) is 25.7 Å². The number of nitrogens with two attached hydrogens (primary N) is 2. The minimum Gasteiger partial charge on any atom is -0.325 e. The Morgan fingerprint density at radius 1 is 1.09 bits per heavy atom. The molecule has 4 rings (SSSR count). The van der Waals surface area contributed by atoms with Crippen molar-refractivity contribution in [3.05, 3.63) is 0 Å². The first-order valence-corrected chi connectivity index (χ1v) is 4.68. The lowest BCUT2D eigenvalue weighted by Crippen LogP contribution is -2.48. The van der Waals surface area contributed by atoms with Crippen molar-refractivity contribution in [1.29, 1.82) is 0 Å². The van der Waals surface area contributed by atoms with E-state index >= 15 is 0 Å². The average Bonchev–Trinajstić information content (AvgIpc) is 2.09. The third-order valence-corrected chi connectivity index (χ3v) is 4.13. The van der Waals surface area contributed by atoms with Crippen LogP contribution in [0, 0.1) is 11.8 Å². The summed E-state index contributed by atoms with van der Waals surface area (Å²) >= 11 is 0. The van der Waals surface area contributed by atoms with Crippen LogP contribution < -0.4 is 11.5 Å². The summed E-state index contributed by atoms with van der Waals surface area (Å²) in [5, 5.41) is 0. The molecule has 2 nitrogen and oxygen atoms in total. The normalized spacial score (nSPS) is 66.0. The van der Waals surface area contributed by atoms with Gasteiger partial charge >= 0.3 is 0 Å². The summed E-state index contributed by atoms with van der Waals surface area (Å²) in [6, 6.07) is 0. The summed E-state index contributed by atoms with van der Waals surface area (Å²) in [4.78, 5) is 0. The molecule has 4 unspecified atom stereocenters. The van der Waals surface area contributed by atoms with E-state index in [4.69, 9.17) is 11.5 Å². The fraction of sp³-hybridized carbons (Fsp3) is 1.00. The molecule has 0 amide bonds. The van der Waals surface area contributed by atoms with Gasteiger partial charge in [-0.25, -0.2) is 0 Å². The summed E-state index contributed by atoms with van der Waals surface area (Å²) in [5.41, 5.74) is 12.8. The molecule has 11 heavy (non-hydrogen) atoms. The molecule has 4 bridgehead atoms. The van der Waals surface area contributed by atoms with E-state index in [-0.39, 0.29) is 11.1 Å². The minimum absolute atomic E-state index is 0.153. The Hall–Kier alpha value is -0.0800. The first kappa shape index (κ1) is 6.44. The summed E-state index contributed by atoms with van der Waals surface area (Å²) in [6.07, 6.45) is 6.19. The van der Waals surface area contributed by atoms with Crippen molar-refractivity contribution in [2.24, 2.45) is 23.3 Å². The highest BCUT2D eigenvalue weighted by Crippen LogP contribution is 2.59. The van der Waals surface area contributed by atoms with Crippen LogP contribution in [-0.4, -0.2) is 11.1 Å². The van der Waals surface area contributed by atoms with Gasteiger partial charge in [-0.15, -0.1) is 0 Å². The molecule has 4 atom stereocenters. The zero-order valence-corrected chi connectivity index (χ0v) is 6.84. The maximum Gasteiger partial charge on any atom is 0.0203 e. The first-order valence-electron chi connectivity index (χ1n) is 4.68. The average molecular weight is 152 g/mol. The minimum atomic E-state index is 0.153. The topological polar surface area (TPSA) is 52.0 Å². The van der Waals surface area contributed by atoms with Crippen LogP contribution in [0.2, 0.25) is 0 Å². The van der Waals surface area contributed by atoms with Crippen LogP contribution in [0.5, 0.6) is 0 Å². The highest BCUT2D eigenvalue weighted by molar-refractivity contribution is 5.19. The van der Waals surface area contributed by atoms with E-state index < -0.39 is 0 Å². The van der Waals surface area contributed by atoms with Gasteiger partial charge < -0.3 is 11.5 Å². The van der Waals surface area contributed by atoms with Gasteiger partial charge in [0, 0.05) is 11.1 Å². The molecule has 4 aliphatic carbocycles. The Morgan fingerprint density at radius 3 is 2.45 bits per heavy atom. The van der Waals surface area contributed by atoms with Crippen molar-refractivity contribution in [2.75, 3.05) is 0 Å². The second-order valence-electron chi connectivity index (χ2n) is 5.18. The van der Waals surface area contributed by atoms with E-state index in [9.17, 15) is 0 Å². The van der Waals surface area contributed by atoms with Crippen LogP contribution in [-0.2, 0) is 0 Å². The second kappa shape index (κ2) is 1.50. The molecule has 0 saturated heterocycles. The van der Waals surface area contributed by atoms with Crippen molar-refractivity contribution in [3.63, 3.8) is 0 Å². The third-order valence-electron chi connectivity index (χ3n) is 4.13. The number of rotatable bonds is 0. The predicted molar refractivity (Wildman–Crippen MR) is 43.9 cm³/mol. The summed E-state index contributed by atoms with van der Waals surface area (Å²) in [6.45, 7) is 0. The summed E-state index contributed by atoms with van der Waals surface area (Å²) < 4.78 is 0. The molecule has 0 aliphatic heterocycles. The first-order chi connectivity index (χ1) is 5.10. The molecule has 4 N–H and O–H groups in total. The summed E-state index contributed by atoms with van der Waals surface area (Å²) in [7, 11) is 0. The molecule has 4 saturated carbocycles. The van der Waals surface area contributed by atoms with E-state index in [1.54, 1.807) is 0 Å². The van der Waals surface area contributed by atoms with Gasteiger partial charge in [0.2, 0.25) is 0 Å². The Kier molecular flexibility index (Phi) is 0.879. The van der Waals surface area contributed by atoms with Gasteiger partial charge in [-0.3, -0.25) is 0 Å². The van der Waals surface area contributed by atoms with Gasteiger partial charge in [0.15, 0.2) is 0 Å². The van der Waals surface area contributed by atoms with Crippen LogP contribution in [0.1, 0.15) is 32.1 Å². The van der Waals surface area contributed by atoms with Crippen molar-refractivity contribution in [2.45, 2.75) is 43.2 Å². The fourth-order valence-corrected chi connectivity index (χ4v) is 4.03. The van der Waals surface area contributed by atoms with Crippen molar-refractivity contribution in [3.8, 4) is 0 Å². The second-order valence-corrected chi connectivity index (χ2v) is 5.18. The highest BCUT2D eigenvalue weighted by Gasteiger charge is 2.60. The SMILES string of the molecule is NC12CC3CC(C1)C(N)(C3)C2. The van der Waals surface area contributed by atoms with Crippen molar-refractivity contribution >= 4 is 0 Å². The highest BCUT2D eigenvalue weighted by atomic mass is 14.9. The zero-order chi connectivity index (χ0) is 7.69. The maximum atomic E-state index is 6.29. The van der Waals surface area contributed by atoms with Crippen molar-refractivity contribution in [1.82, 2.24) is 0 Å². The molecule has 4 aliphatic rings. The van der Waals surface area contributed by atoms with Crippen LogP contribution in [0.3, 0.4) is 0 Å². The number of hydrogen-bond acceptors (Lipinski definition) is 2. The van der Waals surface area contributed by atoms with Crippen LogP contribution in [0.25, 0.3) is 0 Å². The number of hydrogen-bond donors (Lipinski definition) is 2. The Balaban J connectivity index is 2.06. The lowest BCUT2D eigenvalue weighted by molar-refractivity contribution is 0.225. The van der Waals surface area contributed by atoms with Gasteiger partial charge in [-0.1, -0.05) is 0 Å². The van der Waals surface area contributed by atoms with Gasteiger partial charge in [0.25, 0.3) is 0 Å². The molecular weight excluding hydrogens is 136 g/mol. The summed E-state index contributed by atoms with van der Waals surface area (Å²) in [5.74, 6) is 1.64. The quantitative estimate of drug-likeness (QED) is 0.534. The molecule has 0 radical (unpaired) electrons. The zero-order valence-electron chi connectivity index (χ0n) is 6.84. The fourth-order valence-electron chi connectivity index (χ4n) is 4.03. The molecule has 0 heterocycles. The molecular formula is C9H16N2. The van der Waals surface area contributed by atoms with E-state index in [0.29, 0.717) is 0 Å². The smallest absolute Gasteiger partial charge is 0.0203 e. The maximum absolute atomic E-state index is 6.29. The van der Waals surface area contributed by atoms with Crippen LogP contribution in [0.15, 0.2) is 0 Å². The standard InChI is InChI=1S/C9H16N2/c10-8-2-6-1-7(4-8)9(11,3-6)5-8/h6-7H,1-5,10-11H2. The Morgan fingerprint density at radius 2 is 1.91 bits per heavy atom. The molecule has 62 valence electrons. The van der Waals surface area contributed by atoms with E-state index in [0.717, 1.165) is 18.3 Å². The molecule has 0 aromatic heterocycles.